The van der Waals surface area contributed by atoms with Gasteiger partial charge in [-0.15, -0.1) is 24.8 Å². The fourth-order valence-electron chi connectivity index (χ4n) is 3.21. The molecule has 3 N–H and O–H groups in total. The number of amides is 1. The highest BCUT2D eigenvalue weighted by Gasteiger charge is 2.34. The van der Waals surface area contributed by atoms with E-state index in [1.165, 1.54) is 5.56 Å². The van der Waals surface area contributed by atoms with Gasteiger partial charge in [-0.1, -0.05) is 42.7 Å². The number of rotatable bonds is 4. The normalized spacial score (nSPS) is 15.0. The van der Waals surface area contributed by atoms with Crippen LogP contribution in [0.3, 0.4) is 0 Å². The summed E-state index contributed by atoms with van der Waals surface area (Å²) >= 11 is 0. The molecule has 1 aromatic heterocycles. The molecule has 1 aliphatic carbocycles. The third-order valence-corrected chi connectivity index (χ3v) is 4.72. The summed E-state index contributed by atoms with van der Waals surface area (Å²) in [6.45, 7) is 2.55. The molecular weight excluding hydrogens is 357 g/mol. The van der Waals surface area contributed by atoms with Gasteiger partial charge in [0.2, 0.25) is 0 Å². The molecule has 1 aromatic carbocycles. The number of hydrogen-bond acceptors (Lipinski definition) is 3. The van der Waals surface area contributed by atoms with E-state index in [1.807, 2.05) is 18.2 Å². The summed E-state index contributed by atoms with van der Waals surface area (Å²) in [5.41, 5.74) is 9.47. The minimum atomic E-state index is -0.239. The largest absolute Gasteiger partial charge is 0.345 e. The van der Waals surface area contributed by atoms with Gasteiger partial charge in [-0.05, 0) is 31.4 Å². The second kappa shape index (κ2) is 9.18. The van der Waals surface area contributed by atoms with Crippen LogP contribution in [0.1, 0.15) is 41.6 Å². The lowest BCUT2D eigenvalue weighted by Gasteiger charge is -2.28. The highest BCUT2D eigenvalue weighted by Crippen LogP contribution is 2.29. The monoisotopic (exact) mass is 381 g/mol. The predicted molar refractivity (Wildman–Crippen MR) is 107 cm³/mol. The zero-order valence-corrected chi connectivity index (χ0v) is 16.0. The van der Waals surface area contributed by atoms with Crippen LogP contribution in [0, 0.1) is 6.92 Å². The Morgan fingerprint density at radius 3 is 2.36 bits per heavy atom. The van der Waals surface area contributed by atoms with Crippen LogP contribution in [0.15, 0.2) is 42.7 Å². The zero-order valence-electron chi connectivity index (χ0n) is 14.3. The number of carbonyl (C=O) groups is 1. The summed E-state index contributed by atoms with van der Waals surface area (Å²) < 4.78 is 0. The zero-order chi connectivity index (χ0) is 16.3. The van der Waals surface area contributed by atoms with Gasteiger partial charge >= 0.3 is 0 Å². The molecule has 0 saturated heterocycles. The van der Waals surface area contributed by atoms with Crippen LogP contribution in [0.5, 0.6) is 0 Å². The SMILES string of the molecule is Cc1ccc(-c2cncc(C(=O)NC3(CN)CCCC3)c2)cc1.Cl.Cl. The molecule has 1 fully saturated rings. The standard InChI is InChI=1S/C19H23N3O.2ClH/c1-14-4-6-15(7-5-14)16-10-17(12-21-11-16)18(23)22-19(13-20)8-2-3-9-19;;/h4-7,10-12H,2-3,8-9,13,20H2,1H3,(H,22,23);2*1H. The van der Waals surface area contributed by atoms with E-state index in [1.54, 1.807) is 12.4 Å². The molecule has 0 aliphatic heterocycles. The highest BCUT2D eigenvalue weighted by atomic mass is 35.5. The minimum absolute atomic E-state index is 0. The van der Waals surface area contributed by atoms with Crippen LogP contribution in [0.25, 0.3) is 11.1 Å². The molecule has 6 heteroatoms. The maximum Gasteiger partial charge on any atom is 0.253 e. The Labute approximate surface area is 161 Å². The lowest BCUT2D eigenvalue weighted by atomic mass is 9.97. The van der Waals surface area contributed by atoms with Crippen molar-refractivity contribution in [1.29, 1.82) is 0 Å². The van der Waals surface area contributed by atoms with Gasteiger partial charge in [-0.25, -0.2) is 0 Å². The number of carbonyl (C=O) groups excluding carboxylic acids is 1. The first-order valence-corrected chi connectivity index (χ1v) is 8.17. The summed E-state index contributed by atoms with van der Waals surface area (Å²) in [7, 11) is 0. The van der Waals surface area contributed by atoms with E-state index >= 15 is 0 Å². The van der Waals surface area contributed by atoms with Crippen molar-refractivity contribution in [2.75, 3.05) is 6.54 Å². The van der Waals surface area contributed by atoms with Crippen molar-refractivity contribution >= 4 is 30.7 Å². The molecule has 0 bridgehead atoms. The van der Waals surface area contributed by atoms with Crippen LogP contribution in [-0.2, 0) is 0 Å². The van der Waals surface area contributed by atoms with Gasteiger partial charge in [0.05, 0.1) is 11.1 Å². The summed E-state index contributed by atoms with van der Waals surface area (Å²) in [5, 5.41) is 3.14. The van der Waals surface area contributed by atoms with Gasteiger partial charge in [0.25, 0.3) is 5.91 Å². The fourth-order valence-corrected chi connectivity index (χ4v) is 3.21. The Hall–Kier alpha value is -1.62. The number of aryl methyl sites for hydroxylation is 1. The maximum absolute atomic E-state index is 12.6. The minimum Gasteiger partial charge on any atom is -0.345 e. The number of nitrogens with two attached hydrogens (primary N) is 1. The molecule has 136 valence electrons. The van der Waals surface area contributed by atoms with E-state index in [9.17, 15) is 4.79 Å². The third-order valence-electron chi connectivity index (χ3n) is 4.72. The van der Waals surface area contributed by atoms with Gasteiger partial charge in [-0.3, -0.25) is 9.78 Å². The number of pyridine rings is 1. The average molecular weight is 382 g/mol. The van der Waals surface area contributed by atoms with E-state index in [4.69, 9.17) is 5.73 Å². The summed E-state index contributed by atoms with van der Waals surface area (Å²) in [6, 6.07) is 10.1. The maximum atomic E-state index is 12.6. The van der Waals surface area contributed by atoms with E-state index in [0.717, 1.165) is 36.8 Å². The van der Waals surface area contributed by atoms with Crippen LogP contribution in [0.2, 0.25) is 0 Å². The molecule has 1 saturated carbocycles. The van der Waals surface area contributed by atoms with Gasteiger partial charge in [0, 0.05) is 24.5 Å². The van der Waals surface area contributed by atoms with Crippen molar-refractivity contribution in [3.8, 4) is 11.1 Å². The molecule has 1 aliphatic rings. The van der Waals surface area contributed by atoms with Gasteiger partial charge in [-0.2, -0.15) is 0 Å². The van der Waals surface area contributed by atoms with Crippen molar-refractivity contribution in [3.05, 3.63) is 53.9 Å². The Balaban J connectivity index is 0.00000156. The van der Waals surface area contributed by atoms with E-state index in [2.05, 4.69) is 29.4 Å². The average Bonchev–Trinajstić information content (AvgIpc) is 3.05. The summed E-state index contributed by atoms with van der Waals surface area (Å²) in [6.07, 6.45) is 7.57. The molecule has 2 aromatic rings. The number of nitrogens with zero attached hydrogens (tertiary/aromatic N) is 1. The topological polar surface area (TPSA) is 68.0 Å². The van der Waals surface area contributed by atoms with Gasteiger partial charge in [0.1, 0.15) is 0 Å². The molecule has 25 heavy (non-hydrogen) atoms. The molecule has 0 radical (unpaired) electrons. The fraction of sp³-hybridized carbons (Fsp3) is 0.368. The number of benzene rings is 1. The van der Waals surface area contributed by atoms with Crippen molar-refractivity contribution < 1.29 is 4.79 Å². The molecule has 0 unspecified atom stereocenters. The van der Waals surface area contributed by atoms with E-state index < -0.39 is 0 Å². The van der Waals surface area contributed by atoms with E-state index in [-0.39, 0.29) is 36.3 Å². The molecule has 3 rings (SSSR count). The van der Waals surface area contributed by atoms with Crippen LogP contribution < -0.4 is 11.1 Å². The first-order valence-electron chi connectivity index (χ1n) is 8.17. The molecule has 1 heterocycles. The number of aromatic nitrogens is 1. The first-order chi connectivity index (χ1) is 11.1. The third kappa shape index (κ3) is 4.94. The van der Waals surface area contributed by atoms with E-state index in [0.29, 0.717) is 12.1 Å². The molecule has 0 atom stereocenters. The van der Waals surface area contributed by atoms with Gasteiger partial charge in [0.15, 0.2) is 0 Å². The second-order valence-corrected chi connectivity index (χ2v) is 6.47. The van der Waals surface area contributed by atoms with Crippen molar-refractivity contribution in [2.24, 2.45) is 5.73 Å². The predicted octanol–water partition coefficient (Wildman–Crippen LogP) is 3.90. The lowest BCUT2D eigenvalue weighted by Crippen LogP contribution is -2.51. The highest BCUT2D eigenvalue weighted by molar-refractivity contribution is 5.95. The Morgan fingerprint density at radius 1 is 1.12 bits per heavy atom. The Kier molecular flexibility index (Phi) is 7.87. The van der Waals surface area contributed by atoms with Crippen molar-refractivity contribution in [2.45, 2.75) is 38.1 Å². The van der Waals surface area contributed by atoms with Crippen LogP contribution >= 0.6 is 24.8 Å². The molecule has 4 nitrogen and oxygen atoms in total. The summed E-state index contributed by atoms with van der Waals surface area (Å²) in [5.74, 6) is -0.0844. The number of hydrogen-bond donors (Lipinski definition) is 2. The lowest BCUT2D eigenvalue weighted by molar-refractivity contribution is 0.0903. The van der Waals surface area contributed by atoms with Crippen LogP contribution in [-0.4, -0.2) is 23.0 Å². The number of nitrogens with one attached hydrogen (secondary N) is 1. The molecular formula is C19H25Cl2N3O. The van der Waals surface area contributed by atoms with Gasteiger partial charge < -0.3 is 11.1 Å². The summed E-state index contributed by atoms with van der Waals surface area (Å²) in [4.78, 5) is 16.8. The van der Waals surface area contributed by atoms with Crippen LogP contribution in [0.4, 0.5) is 0 Å². The molecule has 1 amide bonds. The van der Waals surface area contributed by atoms with Crippen molar-refractivity contribution in [1.82, 2.24) is 10.3 Å². The molecule has 0 spiro atoms. The first kappa shape index (κ1) is 21.4. The Bertz CT molecular complexity index is 698. The van der Waals surface area contributed by atoms with Crippen molar-refractivity contribution in [3.63, 3.8) is 0 Å². The Morgan fingerprint density at radius 2 is 1.76 bits per heavy atom. The smallest absolute Gasteiger partial charge is 0.253 e. The second-order valence-electron chi connectivity index (χ2n) is 6.47. The number of halogens is 2. The quantitative estimate of drug-likeness (QED) is 0.843.